The smallest absolute Gasteiger partial charge is 0.406 e. The second kappa shape index (κ2) is 10.9. The van der Waals surface area contributed by atoms with Gasteiger partial charge in [0.1, 0.15) is 5.75 Å². The van der Waals surface area contributed by atoms with Crippen LogP contribution in [0.5, 0.6) is 5.75 Å². The van der Waals surface area contributed by atoms with Gasteiger partial charge in [0.15, 0.2) is 6.29 Å². The number of nitrogens with one attached hydrogen (secondary N) is 1. The molecule has 11 heteroatoms. The highest BCUT2D eigenvalue weighted by Crippen LogP contribution is 2.25. The molecule has 2 rings (SSSR count). The molecular weight excluding hydrogens is 427 g/mol. The molecule has 1 aliphatic heterocycles. The van der Waals surface area contributed by atoms with E-state index in [0.717, 1.165) is 0 Å². The first kappa shape index (κ1) is 25.7. The molecule has 0 aromatic heterocycles. The van der Waals surface area contributed by atoms with Crippen molar-refractivity contribution in [1.82, 2.24) is 5.32 Å². The number of hydrogen-bond donors (Lipinski definition) is 3. The van der Waals surface area contributed by atoms with Crippen molar-refractivity contribution < 1.29 is 41.3 Å². The van der Waals surface area contributed by atoms with E-state index in [4.69, 9.17) is 15.2 Å². The number of aliphatic hydroxyl groups is 1. The van der Waals surface area contributed by atoms with Crippen LogP contribution < -0.4 is 15.8 Å². The minimum Gasteiger partial charge on any atom is -0.406 e. The van der Waals surface area contributed by atoms with Gasteiger partial charge in [0.25, 0.3) is 0 Å². The molecule has 1 aromatic rings. The SMILES string of the molecule is C[C@@H]1N[C@@H]([C@@H](O)[C@@H](N)Cc2cccc(OC(F)(F)F)c2)CO[C@H]1OCC(C)(CF)CF. The maximum absolute atomic E-state index is 12.9. The molecule has 5 atom stereocenters. The van der Waals surface area contributed by atoms with Crippen LogP contribution in [0, 0.1) is 5.41 Å². The first-order chi connectivity index (χ1) is 14.5. The van der Waals surface area contributed by atoms with Gasteiger partial charge in [-0.15, -0.1) is 13.2 Å². The maximum atomic E-state index is 12.9. The monoisotopic (exact) mass is 456 g/mol. The second-order valence-corrected chi connectivity index (χ2v) is 8.21. The van der Waals surface area contributed by atoms with E-state index in [0.29, 0.717) is 5.56 Å². The Hall–Kier alpha value is -1.53. The Morgan fingerprint density at radius 2 is 1.97 bits per heavy atom. The van der Waals surface area contributed by atoms with Crippen LogP contribution in [0.4, 0.5) is 22.0 Å². The highest BCUT2D eigenvalue weighted by molar-refractivity contribution is 5.29. The summed E-state index contributed by atoms with van der Waals surface area (Å²) in [5.41, 5.74) is 5.29. The molecule has 0 amide bonds. The lowest BCUT2D eigenvalue weighted by atomic mass is 9.95. The fraction of sp³-hybridized carbons (Fsp3) is 0.700. The molecule has 1 fully saturated rings. The van der Waals surface area contributed by atoms with Gasteiger partial charge >= 0.3 is 6.36 Å². The fourth-order valence-electron chi connectivity index (χ4n) is 3.15. The Balaban J connectivity index is 1.88. The number of halogens is 5. The second-order valence-electron chi connectivity index (χ2n) is 8.21. The summed E-state index contributed by atoms with van der Waals surface area (Å²) < 4.78 is 78.0. The Morgan fingerprint density at radius 1 is 1.29 bits per heavy atom. The summed E-state index contributed by atoms with van der Waals surface area (Å²) >= 11 is 0. The number of nitrogens with two attached hydrogens (primary N) is 1. The molecule has 1 aliphatic rings. The Labute approximate surface area is 177 Å². The Bertz CT molecular complexity index is 690. The predicted molar refractivity (Wildman–Crippen MR) is 103 cm³/mol. The zero-order valence-corrected chi connectivity index (χ0v) is 17.4. The fourth-order valence-corrected chi connectivity index (χ4v) is 3.15. The summed E-state index contributed by atoms with van der Waals surface area (Å²) in [7, 11) is 0. The summed E-state index contributed by atoms with van der Waals surface area (Å²) in [6.07, 6.45) is -6.52. The van der Waals surface area contributed by atoms with Crippen LogP contribution in [0.1, 0.15) is 19.4 Å². The van der Waals surface area contributed by atoms with Crippen LogP contribution in [-0.2, 0) is 15.9 Å². The molecule has 1 saturated heterocycles. The van der Waals surface area contributed by atoms with Gasteiger partial charge in [0.2, 0.25) is 0 Å². The predicted octanol–water partition coefficient (Wildman–Crippen LogP) is 2.48. The quantitative estimate of drug-likeness (QED) is 0.469. The minimum absolute atomic E-state index is 0.0308. The minimum atomic E-state index is -4.80. The molecule has 0 aliphatic carbocycles. The molecule has 0 bridgehead atoms. The van der Waals surface area contributed by atoms with Crippen LogP contribution >= 0.6 is 0 Å². The number of aliphatic hydroxyl groups excluding tert-OH is 1. The number of morpholine rings is 1. The normalized spacial score (nSPS) is 24.6. The van der Waals surface area contributed by atoms with E-state index < -0.39 is 55.6 Å². The molecule has 0 spiro atoms. The van der Waals surface area contributed by atoms with E-state index in [1.165, 1.54) is 25.1 Å². The van der Waals surface area contributed by atoms with Gasteiger partial charge in [-0.25, -0.2) is 0 Å². The first-order valence-electron chi connectivity index (χ1n) is 9.86. The van der Waals surface area contributed by atoms with Crippen molar-refractivity contribution in [1.29, 1.82) is 0 Å². The molecule has 1 heterocycles. The van der Waals surface area contributed by atoms with Crippen molar-refractivity contribution in [3.63, 3.8) is 0 Å². The van der Waals surface area contributed by atoms with Crippen molar-refractivity contribution >= 4 is 0 Å². The topological polar surface area (TPSA) is 86.0 Å². The third-order valence-corrected chi connectivity index (χ3v) is 5.02. The van der Waals surface area contributed by atoms with Crippen LogP contribution in [0.15, 0.2) is 24.3 Å². The van der Waals surface area contributed by atoms with E-state index in [9.17, 15) is 27.1 Å². The molecule has 1 aromatic carbocycles. The summed E-state index contributed by atoms with van der Waals surface area (Å²) in [6, 6.07) is 3.62. The number of hydrogen-bond acceptors (Lipinski definition) is 6. The van der Waals surface area contributed by atoms with Crippen molar-refractivity contribution in [2.45, 2.75) is 57.2 Å². The first-order valence-corrected chi connectivity index (χ1v) is 9.86. The lowest BCUT2D eigenvalue weighted by Crippen LogP contribution is -2.61. The molecule has 0 radical (unpaired) electrons. The van der Waals surface area contributed by atoms with E-state index in [1.54, 1.807) is 13.0 Å². The van der Waals surface area contributed by atoms with Crippen molar-refractivity contribution in [2.75, 3.05) is 26.6 Å². The highest BCUT2D eigenvalue weighted by atomic mass is 19.4. The Kier molecular flexibility index (Phi) is 9.02. The van der Waals surface area contributed by atoms with Gasteiger partial charge in [-0.1, -0.05) is 19.1 Å². The Morgan fingerprint density at radius 3 is 2.55 bits per heavy atom. The van der Waals surface area contributed by atoms with E-state index in [1.807, 2.05) is 0 Å². The lowest BCUT2D eigenvalue weighted by Gasteiger charge is -2.39. The van der Waals surface area contributed by atoms with Crippen LogP contribution in [0.25, 0.3) is 0 Å². The molecule has 31 heavy (non-hydrogen) atoms. The third-order valence-electron chi connectivity index (χ3n) is 5.02. The summed E-state index contributed by atoms with van der Waals surface area (Å²) in [5, 5.41) is 13.7. The molecule has 178 valence electrons. The van der Waals surface area contributed by atoms with Gasteiger partial charge in [0, 0.05) is 11.5 Å². The van der Waals surface area contributed by atoms with Gasteiger partial charge in [0.05, 0.1) is 44.8 Å². The number of alkyl halides is 5. The van der Waals surface area contributed by atoms with Gasteiger partial charge in [-0.05, 0) is 31.0 Å². The molecule has 0 unspecified atom stereocenters. The van der Waals surface area contributed by atoms with Crippen LogP contribution in [0.2, 0.25) is 0 Å². The van der Waals surface area contributed by atoms with Crippen molar-refractivity contribution in [3.05, 3.63) is 29.8 Å². The van der Waals surface area contributed by atoms with E-state index in [2.05, 4.69) is 10.1 Å². The summed E-state index contributed by atoms with van der Waals surface area (Å²) in [6.45, 7) is 1.28. The molecule has 4 N–H and O–H groups in total. The van der Waals surface area contributed by atoms with Crippen LogP contribution in [0.3, 0.4) is 0 Å². The molecule has 0 saturated carbocycles. The van der Waals surface area contributed by atoms with Crippen molar-refractivity contribution in [3.8, 4) is 5.75 Å². The third kappa shape index (κ3) is 7.83. The van der Waals surface area contributed by atoms with Crippen LogP contribution in [-0.4, -0.2) is 68.6 Å². The number of benzene rings is 1. The highest BCUT2D eigenvalue weighted by Gasteiger charge is 2.36. The maximum Gasteiger partial charge on any atom is 0.573 e. The molecule has 6 nitrogen and oxygen atoms in total. The zero-order valence-electron chi connectivity index (χ0n) is 17.4. The van der Waals surface area contributed by atoms with Gasteiger partial charge < -0.3 is 30.4 Å². The van der Waals surface area contributed by atoms with Gasteiger partial charge in [-0.3, -0.25) is 8.78 Å². The van der Waals surface area contributed by atoms with E-state index >= 15 is 0 Å². The zero-order chi connectivity index (χ0) is 23.2. The summed E-state index contributed by atoms with van der Waals surface area (Å²) in [4.78, 5) is 0. The van der Waals surface area contributed by atoms with Crippen molar-refractivity contribution in [2.24, 2.45) is 11.1 Å². The lowest BCUT2D eigenvalue weighted by molar-refractivity contribution is -0.274. The number of rotatable bonds is 10. The molecular formula is C20H29F5N2O4. The average molecular weight is 456 g/mol. The largest absolute Gasteiger partial charge is 0.573 e. The summed E-state index contributed by atoms with van der Waals surface area (Å²) in [5.74, 6) is -0.368. The van der Waals surface area contributed by atoms with E-state index in [-0.39, 0.29) is 25.4 Å². The van der Waals surface area contributed by atoms with Gasteiger partial charge in [-0.2, -0.15) is 0 Å². The average Bonchev–Trinajstić information content (AvgIpc) is 2.71. The standard InChI is InChI=1S/C20H29F5N2O4/c1-12-18(30-11-19(2,9-21)10-22)29-8-16(27-12)17(28)15(26)7-13-4-3-5-14(6-13)31-20(23,24)25/h3-6,12,15-18,27-28H,7-11,26H2,1-2H3/t12-,15-,16+,17-,18-/m0/s1. The number of ether oxygens (including phenoxy) is 3.